The van der Waals surface area contributed by atoms with E-state index in [1.54, 1.807) is 30.6 Å². The van der Waals surface area contributed by atoms with E-state index in [2.05, 4.69) is 15.0 Å². The number of benzene rings is 1. The van der Waals surface area contributed by atoms with Crippen LogP contribution in [0.25, 0.3) is 11.4 Å². The molecule has 1 aromatic carbocycles. The molecule has 0 fully saturated rings. The number of hydrogen-bond acceptors (Lipinski definition) is 5. The van der Waals surface area contributed by atoms with E-state index in [-0.39, 0.29) is 12.7 Å². The molecule has 5 rings (SSSR count). The van der Waals surface area contributed by atoms with Crippen molar-refractivity contribution in [2.24, 2.45) is 0 Å². The van der Waals surface area contributed by atoms with Crippen LogP contribution >= 0.6 is 0 Å². The fourth-order valence-corrected chi connectivity index (χ4v) is 3.32. The number of rotatable bonds is 2. The third kappa shape index (κ3) is 2.48. The number of ether oxygens (including phenoxy) is 2. The van der Waals surface area contributed by atoms with Gasteiger partial charge in [0.15, 0.2) is 11.5 Å². The third-order valence-corrected chi connectivity index (χ3v) is 4.67. The average molecular weight is 348 g/mol. The number of pyridine rings is 1. The van der Waals surface area contributed by atoms with Crippen molar-refractivity contribution in [2.45, 2.75) is 13.0 Å². The molecule has 26 heavy (non-hydrogen) atoms. The Morgan fingerprint density at radius 3 is 3.00 bits per heavy atom. The molecule has 4 heterocycles. The van der Waals surface area contributed by atoms with Crippen LogP contribution in [0.5, 0.6) is 11.5 Å². The molecule has 0 aliphatic carbocycles. The second-order valence-electron chi connectivity index (χ2n) is 6.30. The van der Waals surface area contributed by atoms with Crippen LogP contribution in [0.4, 0.5) is 0 Å². The highest BCUT2D eigenvalue weighted by atomic mass is 16.7. The average Bonchev–Trinajstić information content (AvgIpc) is 3.33. The van der Waals surface area contributed by atoms with Gasteiger partial charge in [0.2, 0.25) is 6.79 Å². The lowest BCUT2D eigenvalue weighted by atomic mass is 10.1. The molecule has 2 aliphatic rings. The number of nitrogens with zero attached hydrogens (tertiary/aromatic N) is 3. The molecule has 1 N–H and O–H groups in total. The number of nitrogens with one attached hydrogen (secondary N) is 1. The molecule has 0 spiro atoms. The van der Waals surface area contributed by atoms with Gasteiger partial charge in [-0.1, -0.05) is 0 Å². The topological polar surface area (TPSA) is 80.3 Å². The fraction of sp³-hybridized carbons (Fsp3) is 0.211. The number of hydrogen-bond donors (Lipinski definition) is 1. The highest BCUT2D eigenvalue weighted by Gasteiger charge is 2.26. The van der Waals surface area contributed by atoms with Gasteiger partial charge in [-0.15, -0.1) is 0 Å². The molecule has 2 aliphatic heterocycles. The van der Waals surface area contributed by atoms with E-state index in [0.29, 0.717) is 30.2 Å². The molecule has 0 saturated carbocycles. The smallest absolute Gasteiger partial charge is 0.254 e. The first-order chi connectivity index (χ1) is 12.8. The van der Waals surface area contributed by atoms with Gasteiger partial charge in [0.25, 0.3) is 5.91 Å². The lowest BCUT2D eigenvalue weighted by Crippen LogP contribution is -2.36. The van der Waals surface area contributed by atoms with Crippen LogP contribution in [0.1, 0.15) is 21.7 Å². The summed E-state index contributed by atoms with van der Waals surface area (Å²) in [7, 11) is 0. The molecule has 7 nitrogen and oxygen atoms in total. The van der Waals surface area contributed by atoms with Gasteiger partial charge >= 0.3 is 0 Å². The molecule has 0 atom stereocenters. The quantitative estimate of drug-likeness (QED) is 0.769. The monoisotopic (exact) mass is 348 g/mol. The summed E-state index contributed by atoms with van der Waals surface area (Å²) in [6, 6.07) is 9.15. The first kappa shape index (κ1) is 14.9. The van der Waals surface area contributed by atoms with Gasteiger partial charge < -0.3 is 19.4 Å². The molecule has 130 valence electrons. The van der Waals surface area contributed by atoms with Crippen molar-refractivity contribution in [2.75, 3.05) is 13.3 Å². The first-order valence-corrected chi connectivity index (χ1v) is 8.45. The van der Waals surface area contributed by atoms with E-state index < -0.39 is 0 Å². The van der Waals surface area contributed by atoms with Gasteiger partial charge in [-0.05, 0) is 30.3 Å². The zero-order chi connectivity index (χ0) is 17.5. The minimum Gasteiger partial charge on any atom is -0.454 e. The molecular formula is C19H16N4O3. The lowest BCUT2D eigenvalue weighted by Gasteiger charge is -2.26. The fourth-order valence-electron chi connectivity index (χ4n) is 3.32. The van der Waals surface area contributed by atoms with Crippen LogP contribution in [-0.2, 0) is 13.0 Å². The van der Waals surface area contributed by atoms with Crippen molar-refractivity contribution in [1.82, 2.24) is 19.9 Å². The third-order valence-electron chi connectivity index (χ3n) is 4.67. The van der Waals surface area contributed by atoms with Gasteiger partial charge in [0, 0.05) is 36.5 Å². The Balaban J connectivity index is 1.38. The summed E-state index contributed by atoms with van der Waals surface area (Å²) in [6.07, 6.45) is 4.24. The molecule has 0 bridgehead atoms. The number of imidazole rings is 1. The van der Waals surface area contributed by atoms with E-state index in [1.807, 2.05) is 17.0 Å². The van der Waals surface area contributed by atoms with Crippen molar-refractivity contribution in [1.29, 1.82) is 0 Å². The van der Waals surface area contributed by atoms with Gasteiger partial charge in [0.1, 0.15) is 5.82 Å². The Hall–Kier alpha value is -3.35. The first-order valence-electron chi connectivity index (χ1n) is 8.45. The Morgan fingerprint density at radius 1 is 1.19 bits per heavy atom. The van der Waals surface area contributed by atoms with Crippen LogP contribution in [0.2, 0.25) is 0 Å². The molecular weight excluding hydrogens is 332 g/mol. The Kier molecular flexibility index (Phi) is 3.38. The van der Waals surface area contributed by atoms with Gasteiger partial charge in [-0.25, -0.2) is 4.98 Å². The number of carbonyl (C=O) groups is 1. The summed E-state index contributed by atoms with van der Waals surface area (Å²) >= 11 is 0. The molecule has 0 unspecified atom stereocenters. The largest absolute Gasteiger partial charge is 0.454 e. The molecule has 0 saturated heterocycles. The van der Waals surface area contributed by atoms with Crippen LogP contribution in [-0.4, -0.2) is 39.1 Å². The number of H-pyrrole nitrogens is 1. The number of aromatic amines is 1. The van der Waals surface area contributed by atoms with Gasteiger partial charge in [-0.2, -0.15) is 0 Å². The summed E-state index contributed by atoms with van der Waals surface area (Å²) in [5, 5.41) is 0. The molecule has 2 aromatic heterocycles. The minimum absolute atomic E-state index is 0.0218. The maximum atomic E-state index is 12.9. The summed E-state index contributed by atoms with van der Waals surface area (Å²) < 4.78 is 10.7. The van der Waals surface area contributed by atoms with Gasteiger partial charge in [0.05, 0.1) is 17.9 Å². The van der Waals surface area contributed by atoms with Crippen molar-refractivity contribution in [3.05, 3.63) is 59.7 Å². The summed E-state index contributed by atoms with van der Waals surface area (Å²) in [4.78, 5) is 26.8. The van der Waals surface area contributed by atoms with Crippen molar-refractivity contribution in [3.63, 3.8) is 0 Å². The van der Waals surface area contributed by atoms with Crippen LogP contribution in [0.15, 0.2) is 42.7 Å². The van der Waals surface area contributed by atoms with Crippen molar-refractivity contribution < 1.29 is 14.3 Å². The lowest BCUT2D eigenvalue weighted by molar-refractivity contribution is 0.0731. The maximum absolute atomic E-state index is 12.9. The van der Waals surface area contributed by atoms with Crippen molar-refractivity contribution >= 4 is 5.91 Å². The normalized spacial score (nSPS) is 15.0. The zero-order valence-corrected chi connectivity index (χ0v) is 13.9. The minimum atomic E-state index is -0.0218. The van der Waals surface area contributed by atoms with E-state index in [4.69, 9.17) is 9.47 Å². The SMILES string of the molecule is O=C(c1ccc2c(c1)OCO2)N1CCc2nc(-c3cccnc3)[nH]c2C1. The van der Waals surface area contributed by atoms with Crippen LogP contribution in [0.3, 0.4) is 0 Å². The van der Waals surface area contributed by atoms with Crippen LogP contribution < -0.4 is 9.47 Å². The summed E-state index contributed by atoms with van der Waals surface area (Å²) in [5.41, 5.74) is 3.53. The number of aromatic nitrogens is 3. The number of fused-ring (bicyclic) bond motifs is 2. The van der Waals surface area contributed by atoms with E-state index >= 15 is 0 Å². The Labute approximate surface area is 149 Å². The second kappa shape index (κ2) is 5.87. The predicted molar refractivity (Wildman–Crippen MR) is 92.8 cm³/mol. The second-order valence-corrected chi connectivity index (χ2v) is 6.30. The standard InChI is InChI=1S/C19H16N4O3/c24-19(12-3-4-16-17(8-12)26-11-25-16)23-7-5-14-15(10-23)22-18(21-14)13-2-1-6-20-9-13/h1-4,6,8-9H,5,7,10-11H2,(H,21,22). The van der Waals surface area contributed by atoms with E-state index in [1.165, 1.54) is 0 Å². The highest BCUT2D eigenvalue weighted by molar-refractivity contribution is 5.95. The van der Waals surface area contributed by atoms with Crippen LogP contribution in [0, 0.1) is 0 Å². The zero-order valence-electron chi connectivity index (χ0n) is 13.9. The van der Waals surface area contributed by atoms with Crippen molar-refractivity contribution in [3.8, 4) is 22.9 Å². The van der Waals surface area contributed by atoms with Gasteiger partial charge in [-0.3, -0.25) is 9.78 Å². The molecule has 0 radical (unpaired) electrons. The maximum Gasteiger partial charge on any atom is 0.254 e. The van der Waals surface area contributed by atoms with E-state index in [9.17, 15) is 4.79 Å². The molecule has 1 amide bonds. The number of amides is 1. The number of carbonyl (C=O) groups excluding carboxylic acids is 1. The Bertz CT molecular complexity index is 984. The Morgan fingerprint density at radius 2 is 2.12 bits per heavy atom. The highest BCUT2D eigenvalue weighted by Crippen LogP contribution is 2.33. The molecule has 3 aromatic rings. The predicted octanol–water partition coefficient (Wildman–Crippen LogP) is 2.40. The summed E-state index contributed by atoms with van der Waals surface area (Å²) in [5.74, 6) is 2.07. The molecule has 7 heteroatoms. The summed E-state index contributed by atoms with van der Waals surface area (Å²) in [6.45, 7) is 1.35. The van der Waals surface area contributed by atoms with E-state index in [0.717, 1.165) is 29.2 Å².